The number of ether oxygens (including phenoxy) is 1. The van der Waals surface area contributed by atoms with Crippen molar-refractivity contribution in [3.05, 3.63) is 65.7 Å². The van der Waals surface area contributed by atoms with Crippen LogP contribution in [0.25, 0.3) is 0 Å². The number of carbonyl (C=O) groups excluding carboxylic acids is 4. The summed E-state index contributed by atoms with van der Waals surface area (Å²) in [6.45, 7) is 3.80. The summed E-state index contributed by atoms with van der Waals surface area (Å²) in [7, 11) is 0. The first-order valence-electron chi connectivity index (χ1n) is 13.0. The summed E-state index contributed by atoms with van der Waals surface area (Å²) in [4.78, 5) is 50.5. The van der Waals surface area contributed by atoms with Crippen LogP contribution >= 0.6 is 0 Å². The van der Waals surface area contributed by atoms with E-state index < -0.39 is 36.0 Å². The molecule has 0 radical (unpaired) electrons. The van der Waals surface area contributed by atoms with Crippen molar-refractivity contribution >= 4 is 30.2 Å². The summed E-state index contributed by atoms with van der Waals surface area (Å²) < 4.78 is 5.25. The standard InChI is InChI=1S/C28H38N6O6/c1-18(2)24(26(38)32-21(16-35)15-19-10-12-22(36)13-11-19)34-25(37)23(9-6-14-31-27(29)30)33-28(39)40-17-20-7-4-3-5-8-20/h3-5,7-8,10-13,16,18,21,23-24,36H,6,9,14-15,17H2,1-2H3,(H,32,38)(H,33,39)(H,34,37)(H4,29,30,31)/t21-,23-,24-/m0/s1. The molecule has 0 fully saturated rings. The number of hydrogen-bond donors (Lipinski definition) is 7. The predicted octanol–water partition coefficient (Wildman–Crippen LogP) is 1.32. The lowest BCUT2D eigenvalue weighted by atomic mass is 10.0. The molecule has 2 aromatic carbocycles. The summed E-state index contributed by atoms with van der Waals surface area (Å²) in [5.74, 6) is -1.63. The number of alkyl carbamates (subject to hydrolysis) is 1. The highest BCUT2D eigenvalue weighted by molar-refractivity contribution is 5.92. The third-order valence-corrected chi connectivity index (χ3v) is 5.94. The van der Waals surface area contributed by atoms with E-state index in [0.717, 1.165) is 11.1 Å². The van der Waals surface area contributed by atoms with Crippen molar-refractivity contribution in [1.29, 1.82) is 5.41 Å². The lowest BCUT2D eigenvalue weighted by Crippen LogP contribution is -2.57. The second-order valence-corrected chi connectivity index (χ2v) is 9.59. The van der Waals surface area contributed by atoms with Crippen molar-refractivity contribution in [1.82, 2.24) is 21.3 Å². The Hall–Kier alpha value is -4.61. The van der Waals surface area contributed by atoms with Crippen molar-refractivity contribution in [3.8, 4) is 5.75 Å². The fourth-order valence-electron chi connectivity index (χ4n) is 3.79. The fraction of sp³-hybridized carbons (Fsp3) is 0.393. The number of amides is 3. The van der Waals surface area contributed by atoms with E-state index in [1.54, 1.807) is 38.1 Å². The fourth-order valence-corrected chi connectivity index (χ4v) is 3.79. The van der Waals surface area contributed by atoms with Crippen molar-refractivity contribution in [3.63, 3.8) is 0 Å². The van der Waals surface area contributed by atoms with Gasteiger partial charge in [-0.2, -0.15) is 0 Å². The van der Waals surface area contributed by atoms with Crippen LogP contribution in [0.1, 0.15) is 37.8 Å². The molecule has 0 heterocycles. The van der Waals surface area contributed by atoms with Gasteiger partial charge in [0, 0.05) is 6.54 Å². The van der Waals surface area contributed by atoms with E-state index in [1.165, 1.54) is 12.1 Å². The van der Waals surface area contributed by atoms with Gasteiger partial charge in [-0.05, 0) is 48.4 Å². The van der Waals surface area contributed by atoms with Gasteiger partial charge < -0.3 is 41.6 Å². The van der Waals surface area contributed by atoms with E-state index >= 15 is 0 Å². The third-order valence-electron chi connectivity index (χ3n) is 5.94. The molecule has 216 valence electrons. The van der Waals surface area contributed by atoms with Gasteiger partial charge in [-0.3, -0.25) is 15.0 Å². The van der Waals surface area contributed by atoms with Crippen molar-refractivity contribution in [2.75, 3.05) is 6.54 Å². The summed E-state index contributed by atoms with van der Waals surface area (Å²) in [5.41, 5.74) is 6.82. The minimum Gasteiger partial charge on any atom is -0.508 e. The molecule has 0 aromatic heterocycles. The van der Waals surface area contributed by atoms with Crippen LogP contribution in [-0.4, -0.2) is 59.9 Å². The Morgan fingerprint density at radius 2 is 1.65 bits per heavy atom. The van der Waals surface area contributed by atoms with Gasteiger partial charge in [0.1, 0.15) is 30.7 Å². The third kappa shape index (κ3) is 11.4. The van der Waals surface area contributed by atoms with E-state index in [4.69, 9.17) is 15.9 Å². The second kappa shape index (κ2) is 16.4. The maximum absolute atomic E-state index is 13.2. The Balaban J connectivity index is 2.04. The maximum atomic E-state index is 13.2. The Bertz CT molecular complexity index is 1130. The zero-order valence-electron chi connectivity index (χ0n) is 22.7. The number of rotatable bonds is 15. The second-order valence-electron chi connectivity index (χ2n) is 9.59. The highest BCUT2D eigenvalue weighted by Crippen LogP contribution is 2.12. The number of guanidine groups is 1. The van der Waals surface area contributed by atoms with E-state index in [2.05, 4.69) is 21.3 Å². The van der Waals surface area contributed by atoms with Gasteiger partial charge >= 0.3 is 6.09 Å². The van der Waals surface area contributed by atoms with Crippen LogP contribution in [0.3, 0.4) is 0 Å². The number of carbonyl (C=O) groups is 4. The minimum atomic E-state index is -1.04. The minimum absolute atomic E-state index is 0.0119. The molecule has 2 rings (SSSR count). The molecule has 0 saturated carbocycles. The molecular weight excluding hydrogens is 516 g/mol. The number of benzene rings is 2. The van der Waals surface area contributed by atoms with Crippen LogP contribution < -0.4 is 27.0 Å². The lowest BCUT2D eigenvalue weighted by Gasteiger charge is -2.26. The molecule has 3 amide bonds. The summed E-state index contributed by atoms with van der Waals surface area (Å²) >= 11 is 0. The van der Waals surface area contributed by atoms with Crippen LogP contribution in [0.2, 0.25) is 0 Å². The van der Waals surface area contributed by atoms with Crippen molar-refractivity contribution in [2.24, 2.45) is 11.7 Å². The molecule has 0 saturated heterocycles. The molecular formula is C28H38N6O6. The van der Waals surface area contributed by atoms with Gasteiger partial charge in [-0.25, -0.2) is 4.79 Å². The molecule has 0 bridgehead atoms. The zero-order chi connectivity index (χ0) is 29.5. The van der Waals surface area contributed by atoms with Crippen molar-refractivity contribution in [2.45, 2.75) is 57.8 Å². The number of aldehydes is 1. The van der Waals surface area contributed by atoms with Gasteiger partial charge in [-0.1, -0.05) is 56.3 Å². The molecule has 12 heteroatoms. The van der Waals surface area contributed by atoms with E-state index in [-0.39, 0.29) is 37.1 Å². The largest absolute Gasteiger partial charge is 0.508 e. The molecule has 0 aliphatic rings. The Morgan fingerprint density at radius 3 is 2.25 bits per heavy atom. The lowest BCUT2D eigenvalue weighted by molar-refractivity contribution is -0.132. The van der Waals surface area contributed by atoms with E-state index in [9.17, 15) is 24.3 Å². The highest BCUT2D eigenvalue weighted by atomic mass is 16.5. The number of phenols is 1. The normalized spacial score (nSPS) is 12.9. The van der Waals surface area contributed by atoms with Gasteiger partial charge in [0.05, 0.1) is 6.04 Å². The summed E-state index contributed by atoms with van der Waals surface area (Å²) in [6, 6.07) is 12.4. The Morgan fingerprint density at radius 1 is 0.975 bits per heavy atom. The van der Waals surface area contributed by atoms with Crippen LogP contribution in [0, 0.1) is 11.3 Å². The number of nitrogens with one attached hydrogen (secondary N) is 5. The first kappa shape index (κ1) is 31.6. The molecule has 2 aromatic rings. The summed E-state index contributed by atoms with van der Waals surface area (Å²) in [6.07, 6.45) is 0.573. The van der Waals surface area contributed by atoms with Gasteiger partial charge in [0.25, 0.3) is 0 Å². The highest BCUT2D eigenvalue weighted by Gasteiger charge is 2.30. The SMILES string of the molecule is CC(C)[C@H](NC(=O)[C@H](CCCNC(=N)N)NC(=O)OCc1ccccc1)C(=O)N[C@H](C=O)Cc1ccc(O)cc1. The molecule has 0 unspecified atom stereocenters. The van der Waals surface area contributed by atoms with E-state index in [0.29, 0.717) is 19.3 Å². The van der Waals surface area contributed by atoms with Gasteiger partial charge in [0.2, 0.25) is 11.8 Å². The molecule has 40 heavy (non-hydrogen) atoms. The average Bonchev–Trinajstić information content (AvgIpc) is 2.93. The number of nitrogens with two attached hydrogens (primary N) is 1. The molecule has 3 atom stereocenters. The maximum Gasteiger partial charge on any atom is 0.408 e. The zero-order valence-corrected chi connectivity index (χ0v) is 22.7. The summed E-state index contributed by atoms with van der Waals surface area (Å²) in [5, 5.41) is 27.3. The first-order valence-corrected chi connectivity index (χ1v) is 13.0. The van der Waals surface area contributed by atoms with Crippen LogP contribution in [0.5, 0.6) is 5.75 Å². The Labute approximate surface area is 233 Å². The van der Waals surface area contributed by atoms with E-state index in [1.807, 2.05) is 18.2 Å². The van der Waals surface area contributed by atoms with Crippen molar-refractivity contribution < 1.29 is 29.0 Å². The monoisotopic (exact) mass is 554 g/mol. The van der Waals surface area contributed by atoms with Gasteiger partial charge in [0.15, 0.2) is 5.96 Å². The molecule has 0 aliphatic carbocycles. The van der Waals surface area contributed by atoms with Crippen LogP contribution in [0.4, 0.5) is 4.79 Å². The topological polar surface area (TPSA) is 196 Å². The van der Waals surface area contributed by atoms with Crippen LogP contribution in [-0.2, 0) is 32.1 Å². The molecule has 8 N–H and O–H groups in total. The molecule has 12 nitrogen and oxygen atoms in total. The molecule has 0 spiro atoms. The molecule has 0 aliphatic heterocycles. The first-order chi connectivity index (χ1) is 19.1. The number of hydrogen-bond acceptors (Lipinski definition) is 7. The quantitative estimate of drug-likeness (QED) is 0.0740. The number of aromatic hydroxyl groups is 1. The Kier molecular flexibility index (Phi) is 12.9. The number of phenolic OH excluding ortho intramolecular Hbond substituents is 1. The van der Waals surface area contributed by atoms with Gasteiger partial charge in [-0.15, -0.1) is 0 Å². The average molecular weight is 555 g/mol. The smallest absolute Gasteiger partial charge is 0.408 e. The van der Waals surface area contributed by atoms with Crippen LogP contribution in [0.15, 0.2) is 54.6 Å². The predicted molar refractivity (Wildman–Crippen MR) is 149 cm³/mol.